The lowest BCUT2D eigenvalue weighted by Gasteiger charge is -2.02. The molecule has 60 valence electrons. The molecule has 0 aliphatic carbocycles. The first-order valence-corrected chi connectivity index (χ1v) is 3.43. The zero-order chi connectivity index (χ0) is 7.82. The summed E-state index contributed by atoms with van der Waals surface area (Å²) >= 11 is 0. The molecule has 4 nitrogen and oxygen atoms in total. The van der Waals surface area contributed by atoms with Gasteiger partial charge in [-0.3, -0.25) is 0 Å². The van der Waals surface area contributed by atoms with Gasteiger partial charge < -0.3 is 21.6 Å². The van der Waals surface area contributed by atoms with E-state index in [1.54, 1.807) is 0 Å². The Morgan fingerprint density at radius 2 is 2.30 bits per heavy atom. The van der Waals surface area contributed by atoms with Crippen LogP contribution in [0, 0.1) is 0 Å². The molecule has 0 heterocycles. The Morgan fingerprint density at radius 3 is 2.80 bits per heavy atom. The minimum atomic E-state index is -0.306. The van der Waals surface area contributed by atoms with Gasteiger partial charge in [-0.15, -0.1) is 0 Å². The number of aldehydes is 1. The first-order valence-electron chi connectivity index (χ1n) is 3.43. The Hall–Kier alpha value is -0.450. The van der Waals surface area contributed by atoms with Crippen LogP contribution < -0.4 is 16.8 Å². The standard InChI is InChI=1S/C6H15N3O/c7-5-9-3-1-2-6(8)4-10/h4,6,9H,1-3,5,7-8H2/t6-/m1/s1. The van der Waals surface area contributed by atoms with Crippen molar-refractivity contribution in [2.24, 2.45) is 11.5 Å². The minimum absolute atomic E-state index is 0.306. The van der Waals surface area contributed by atoms with Gasteiger partial charge in [0.25, 0.3) is 0 Å². The van der Waals surface area contributed by atoms with Crippen LogP contribution in [-0.2, 0) is 4.79 Å². The van der Waals surface area contributed by atoms with E-state index in [0.717, 1.165) is 25.7 Å². The van der Waals surface area contributed by atoms with Gasteiger partial charge in [0.1, 0.15) is 6.29 Å². The molecule has 0 aliphatic heterocycles. The highest BCUT2D eigenvalue weighted by Crippen LogP contribution is 1.88. The van der Waals surface area contributed by atoms with Crippen LogP contribution in [0.4, 0.5) is 0 Å². The van der Waals surface area contributed by atoms with Gasteiger partial charge in [-0.2, -0.15) is 0 Å². The normalized spacial score (nSPS) is 13.0. The first-order chi connectivity index (χ1) is 4.81. The van der Waals surface area contributed by atoms with Gasteiger partial charge in [0.05, 0.1) is 6.04 Å². The second-order valence-electron chi connectivity index (χ2n) is 2.15. The topological polar surface area (TPSA) is 81.1 Å². The molecule has 1 atom stereocenters. The SMILES string of the molecule is NCNCCC[C@@H](N)C=O. The molecular formula is C6H15N3O. The van der Waals surface area contributed by atoms with Crippen LogP contribution in [0.2, 0.25) is 0 Å². The number of nitrogens with two attached hydrogens (primary N) is 2. The predicted octanol–water partition coefficient (Wildman–Crippen LogP) is -1.20. The van der Waals surface area contributed by atoms with Crippen molar-refractivity contribution in [1.82, 2.24) is 5.32 Å². The van der Waals surface area contributed by atoms with Crippen LogP contribution in [-0.4, -0.2) is 25.5 Å². The number of hydrogen-bond acceptors (Lipinski definition) is 4. The Bertz CT molecular complexity index is 87.1. The van der Waals surface area contributed by atoms with E-state index in [1.165, 1.54) is 0 Å². The summed E-state index contributed by atoms with van der Waals surface area (Å²) in [5.41, 5.74) is 10.5. The van der Waals surface area contributed by atoms with Crippen LogP contribution in [0.1, 0.15) is 12.8 Å². The fourth-order valence-corrected chi connectivity index (χ4v) is 0.633. The van der Waals surface area contributed by atoms with E-state index in [-0.39, 0.29) is 6.04 Å². The highest BCUT2D eigenvalue weighted by Gasteiger charge is 1.97. The molecule has 0 bridgehead atoms. The summed E-state index contributed by atoms with van der Waals surface area (Å²) < 4.78 is 0. The van der Waals surface area contributed by atoms with Gasteiger partial charge in [0.2, 0.25) is 0 Å². The van der Waals surface area contributed by atoms with Crippen LogP contribution >= 0.6 is 0 Å². The fraction of sp³-hybridized carbons (Fsp3) is 0.833. The number of rotatable bonds is 6. The third kappa shape index (κ3) is 5.68. The Balaban J connectivity index is 2.95. The molecule has 5 N–H and O–H groups in total. The van der Waals surface area contributed by atoms with Crippen LogP contribution in [0.25, 0.3) is 0 Å². The molecule has 0 fully saturated rings. The van der Waals surface area contributed by atoms with E-state index < -0.39 is 0 Å². The summed E-state index contributed by atoms with van der Waals surface area (Å²) in [5, 5.41) is 2.93. The largest absolute Gasteiger partial charge is 0.322 e. The molecule has 0 radical (unpaired) electrons. The number of carbonyl (C=O) groups excluding carboxylic acids is 1. The first kappa shape index (κ1) is 9.55. The van der Waals surface area contributed by atoms with Crippen molar-refractivity contribution in [1.29, 1.82) is 0 Å². The summed E-state index contributed by atoms with van der Waals surface area (Å²) in [7, 11) is 0. The molecule has 0 saturated carbocycles. The highest BCUT2D eigenvalue weighted by atomic mass is 16.1. The second-order valence-corrected chi connectivity index (χ2v) is 2.15. The molecule has 0 amide bonds. The van der Waals surface area contributed by atoms with Crippen LogP contribution in [0.3, 0.4) is 0 Å². The van der Waals surface area contributed by atoms with Gasteiger partial charge >= 0.3 is 0 Å². The highest BCUT2D eigenvalue weighted by molar-refractivity contribution is 5.56. The van der Waals surface area contributed by atoms with E-state index in [2.05, 4.69) is 5.32 Å². The van der Waals surface area contributed by atoms with Crippen LogP contribution in [0.5, 0.6) is 0 Å². The summed E-state index contributed by atoms with van der Waals surface area (Å²) in [6, 6.07) is -0.306. The van der Waals surface area contributed by atoms with E-state index >= 15 is 0 Å². The Kier molecular flexibility index (Phi) is 6.37. The quantitative estimate of drug-likeness (QED) is 0.249. The third-order valence-electron chi connectivity index (χ3n) is 1.21. The third-order valence-corrected chi connectivity index (χ3v) is 1.21. The van der Waals surface area contributed by atoms with Crippen molar-refractivity contribution in [2.45, 2.75) is 18.9 Å². The van der Waals surface area contributed by atoms with E-state index in [1.807, 2.05) is 0 Å². The smallest absolute Gasteiger partial charge is 0.136 e. The monoisotopic (exact) mass is 145 g/mol. The van der Waals surface area contributed by atoms with Crippen molar-refractivity contribution >= 4 is 6.29 Å². The summed E-state index contributed by atoms with van der Waals surface area (Å²) in [6.07, 6.45) is 2.40. The molecule has 0 spiro atoms. The van der Waals surface area contributed by atoms with Gasteiger partial charge in [-0.25, -0.2) is 0 Å². The number of nitrogens with one attached hydrogen (secondary N) is 1. The van der Waals surface area contributed by atoms with E-state index in [4.69, 9.17) is 11.5 Å². The molecule has 0 aromatic carbocycles. The fourth-order valence-electron chi connectivity index (χ4n) is 0.633. The predicted molar refractivity (Wildman–Crippen MR) is 40.3 cm³/mol. The molecule has 0 aromatic heterocycles. The van der Waals surface area contributed by atoms with E-state index in [0.29, 0.717) is 6.67 Å². The second kappa shape index (κ2) is 6.67. The molecule has 0 saturated heterocycles. The lowest BCUT2D eigenvalue weighted by atomic mass is 10.2. The lowest BCUT2D eigenvalue weighted by molar-refractivity contribution is -0.109. The number of hydrogen-bond donors (Lipinski definition) is 3. The maximum absolute atomic E-state index is 10.00. The maximum Gasteiger partial charge on any atom is 0.136 e. The minimum Gasteiger partial charge on any atom is -0.322 e. The molecule has 4 heteroatoms. The Morgan fingerprint density at radius 1 is 1.60 bits per heavy atom. The van der Waals surface area contributed by atoms with Gasteiger partial charge in [0, 0.05) is 6.67 Å². The average Bonchev–Trinajstić information content (AvgIpc) is 1.98. The summed E-state index contributed by atoms with van der Waals surface area (Å²) in [4.78, 5) is 10.00. The van der Waals surface area contributed by atoms with Crippen molar-refractivity contribution in [3.8, 4) is 0 Å². The molecule has 0 unspecified atom stereocenters. The molecule has 0 aromatic rings. The average molecular weight is 145 g/mol. The van der Waals surface area contributed by atoms with Crippen molar-refractivity contribution < 1.29 is 4.79 Å². The van der Waals surface area contributed by atoms with Crippen molar-refractivity contribution in [3.05, 3.63) is 0 Å². The molecule has 10 heavy (non-hydrogen) atoms. The zero-order valence-corrected chi connectivity index (χ0v) is 6.05. The maximum atomic E-state index is 10.00. The molecule has 0 rings (SSSR count). The van der Waals surface area contributed by atoms with Gasteiger partial charge in [0.15, 0.2) is 0 Å². The van der Waals surface area contributed by atoms with Crippen LogP contribution in [0.15, 0.2) is 0 Å². The van der Waals surface area contributed by atoms with Crippen molar-refractivity contribution in [3.63, 3.8) is 0 Å². The summed E-state index contributed by atoms with van der Waals surface area (Å²) in [5.74, 6) is 0. The Labute approximate surface area is 61.0 Å². The summed E-state index contributed by atoms with van der Waals surface area (Å²) in [6.45, 7) is 1.31. The molecule has 0 aliphatic rings. The van der Waals surface area contributed by atoms with Gasteiger partial charge in [-0.05, 0) is 19.4 Å². The van der Waals surface area contributed by atoms with E-state index in [9.17, 15) is 4.79 Å². The van der Waals surface area contributed by atoms with Crippen molar-refractivity contribution in [2.75, 3.05) is 13.2 Å². The zero-order valence-electron chi connectivity index (χ0n) is 6.05. The van der Waals surface area contributed by atoms with Gasteiger partial charge in [-0.1, -0.05) is 0 Å². The number of carbonyl (C=O) groups is 1. The lowest BCUT2D eigenvalue weighted by Crippen LogP contribution is -2.26. The molecular weight excluding hydrogens is 130 g/mol.